The molecule has 0 atom stereocenters. The van der Waals surface area contributed by atoms with Gasteiger partial charge in [-0.05, 0) is 25.2 Å². The highest BCUT2D eigenvalue weighted by atomic mass is 19.3. The molecule has 0 spiro atoms. The molecule has 3 rings (SSSR count). The van der Waals surface area contributed by atoms with Crippen LogP contribution in [-0.2, 0) is 19.5 Å². The van der Waals surface area contributed by atoms with Crippen molar-refractivity contribution in [3.63, 3.8) is 0 Å². The minimum atomic E-state index is -2.52. The summed E-state index contributed by atoms with van der Waals surface area (Å²) < 4.78 is 28.0. The third-order valence-corrected chi connectivity index (χ3v) is 3.76. The van der Waals surface area contributed by atoms with Crippen molar-refractivity contribution in [2.24, 2.45) is 5.92 Å². The number of aromatic nitrogens is 4. The van der Waals surface area contributed by atoms with Gasteiger partial charge in [-0.2, -0.15) is 5.10 Å². The summed E-state index contributed by atoms with van der Waals surface area (Å²) in [6.07, 6.45) is 2.63. The summed E-state index contributed by atoms with van der Waals surface area (Å²) in [5.74, 6) is 1.23. The maximum Gasteiger partial charge on any atom is 0.264 e. The van der Waals surface area contributed by atoms with Crippen LogP contribution in [0.15, 0.2) is 11.0 Å². The van der Waals surface area contributed by atoms with Gasteiger partial charge in [-0.3, -0.25) is 9.36 Å². The lowest BCUT2D eigenvalue weighted by atomic mass is 10.2. The van der Waals surface area contributed by atoms with Crippen molar-refractivity contribution in [1.29, 1.82) is 0 Å². The minimum absolute atomic E-state index is 0.157. The molecule has 0 aliphatic heterocycles. The van der Waals surface area contributed by atoms with Crippen LogP contribution in [0, 0.1) is 5.92 Å². The minimum Gasteiger partial charge on any atom is -0.296 e. The van der Waals surface area contributed by atoms with E-state index < -0.39 is 13.0 Å². The van der Waals surface area contributed by atoms with E-state index in [0.717, 1.165) is 23.9 Å². The van der Waals surface area contributed by atoms with Crippen LogP contribution in [0.4, 0.5) is 8.78 Å². The van der Waals surface area contributed by atoms with Gasteiger partial charge < -0.3 is 0 Å². The molecule has 2 heterocycles. The maximum absolute atomic E-state index is 12.6. The number of hydrogen-bond donors (Lipinski definition) is 0. The molecule has 0 saturated heterocycles. The number of alkyl halides is 2. The fourth-order valence-corrected chi connectivity index (χ4v) is 2.52. The van der Waals surface area contributed by atoms with Crippen molar-refractivity contribution in [3.05, 3.63) is 22.4 Å². The Morgan fingerprint density at radius 1 is 1.43 bits per heavy atom. The number of aryl methyl sites for hydroxylation is 1. The Bertz CT molecular complexity index is 703. The van der Waals surface area contributed by atoms with Crippen molar-refractivity contribution >= 4 is 11.0 Å². The molecule has 1 saturated carbocycles. The van der Waals surface area contributed by atoms with Gasteiger partial charge in [0.1, 0.15) is 17.8 Å². The van der Waals surface area contributed by atoms with Crippen molar-refractivity contribution in [1.82, 2.24) is 19.3 Å². The Balaban J connectivity index is 2.11. The second kappa shape index (κ2) is 5.54. The lowest BCUT2D eigenvalue weighted by molar-refractivity contribution is 0.123. The van der Waals surface area contributed by atoms with Crippen LogP contribution < -0.4 is 5.56 Å². The number of nitrogens with zero attached hydrogens (tertiary/aromatic N) is 4. The predicted molar refractivity (Wildman–Crippen MR) is 74.5 cm³/mol. The Labute approximate surface area is 120 Å². The average Bonchev–Trinajstić information content (AvgIpc) is 3.16. The summed E-state index contributed by atoms with van der Waals surface area (Å²) in [5.41, 5.74) is 0.117. The number of fused-ring (bicyclic) bond motifs is 1. The third-order valence-electron chi connectivity index (χ3n) is 3.76. The van der Waals surface area contributed by atoms with E-state index in [1.54, 1.807) is 4.57 Å². The molecule has 2 aromatic rings. The number of halogens is 2. The van der Waals surface area contributed by atoms with Gasteiger partial charge >= 0.3 is 0 Å². The summed E-state index contributed by atoms with van der Waals surface area (Å²) in [7, 11) is 0. The highest BCUT2D eigenvalue weighted by Crippen LogP contribution is 2.30. The summed E-state index contributed by atoms with van der Waals surface area (Å²) in [5, 5.41) is 4.22. The molecule has 0 bridgehead atoms. The Morgan fingerprint density at radius 2 is 2.19 bits per heavy atom. The standard InChI is InChI=1S/C14H18F2N4O/c1-2-3-12-18-13-10(6-17-20(13)8-11(15)16)14(21)19(12)7-9-4-5-9/h6,9,11H,2-5,7-8H2,1H3. The molecule has 0 unspecified atom stereocenters. The van der Waals surface area contributed by atoms with E-state index in [4.69, 9.17) is 0 Å². The first-order valence-electron chi connectivity index (χ1n) is 7.33. The summed E-state index contributed by atoms with van der Waals surface area (Å²) in [6, 6.07) is 0. The molecule has 2 aromatic heterocycles. The average molecular weight is 296 g/mol. The fourth-order valence-electron chi connectivity index (χ4n) is 2.52. The van der Waals surface area contributed by atoms with E-state index in [0.29, 0.717) is 30.1 Å². The topological polar surface area (TPSA) is 52.7 Å². The van der Waals surface area contributed by atoms with Crippen LogP contribution in [-0.4, -0.2) is 25.8 Å². The molecule has 5 nitrogen and oxygen atoms in total. The fraction of sp³-hybridized carbons (Fsp3) is 0.643. The van der Waals surface area contributed by atoms with Crippen molar-refractivity contribution in [2.75, 3.05) is 0 Å². The molecular weight excluding hydrogens is 278 g/mol. The molecule has 114 valence electrons. The second-order valence-electron chi connectivity index (χ2n) is 5.59. The molecule has 0 radical (unpaired) electrons. The zero-order valence-electron chi connectivity index (χ0n) is 11.9. The lowest BCUT2D eigenvalue weighted by Crippen LogP contribution is -2.26. The number of rotatable bonds is 6. The van der Waals surface area contributed by atoms with E-state index >= 15 is 0 Å². The van der Waals surface area contributed by atoms with E-state index in [1.165, 1.54) is 6.20 Å². The van der Waals surface area contributed by atoms with E-state index in [-0.39, 0.29) is 11.2 Å². The van der Waals surface area contributed by atoms with E-state index in [2.05, 4.69) is 10.1 Å². The molecule has 1 fully saturated rings. The van der Waals surface area contributed by atoms with Gasteiger partial charge in [0.05, 0.1) is 6.20 Å². The van der Waals surface area contributed by atoms with Gasteiger partial charge in [-0.25, -0.2) is 18.4 Å². The van der Waals surface area contributed by atoms with Crippen LogP contribution in [0.25, 0.3) is 11.0 Å². The Kier molecular flexibility index (Phi) is 3.73. The summed E-state index contributed by atoms with van der Waals surface area (Å²) in [4.78, 5) is 17.0. The summed E-state index contributed by atoms with van der Waals surface area (Å²) in [6.45, 7) is 2.15. The molecule has 21 heavy (non-hydrogen) atoms. The first kappa shape index (κ1) is 14.2. The smallest absolute Gasteiger partial charge is 0.264 e. The third kappa shape index (κ3) is 2.82. The predicted octanol–water partition coefficient (Wildman–Crippen LogP) is 2.22. The van der Waals surface area contributed by atoms with Crippen LogP contribution in [0.5, 0.6) is 0 Å². The highest BCUT2D eigenvalue weighted by Gasteiger charge is 2.25. The summed E-state index contributed by atoms with van der Waals surface area (Å²) >= 11 is 0. The quantitative estimate of drug-likeness (QED) is 0.821. The number of hydrogen-bond acceptors (Lipinski definition) is 3. The largest absolute Gasteiger partial charge is 0.296 e. The van der Waals surface area contributed by atoms with Gasteiger partial charge in [0.15, 0.2) is 5.65 Å². The molecule has 1 aliphatic rings. The van der Waals surface area contributed by atoms with Gasteiger partial charge in [-0.1, -0.05) is 6.92 Å². The van der Waals surface area contributed by atoms with Crippen molar-refractivity contribution in [2.45, 2.75) is 52.1 Å². The molecule has 7 heteroatoms. The monoisotopic (exact) mass is 296 g/mol. The van der Waals surface area contributed by atoms with Crippen LogP contribution >= 0.6 is 0 Å². The van der Waals surface area contributed by atoms with Gasteiger partial charge in [0, 0.05) is 13.0 Å². The molecule has 0 amide bonds. The van der Waals surface area contributed by atoms with Crippen molar-refractivity contribution in [3.8, 4) is 0 Å². The Morgan fingerprint density at radius 3 is 2.81 bits per heavy atom. The van der Waals surface area contributed by atoms with Gasteiger partial charge in [0.2, 0.25) is 0 Å². The zero-order chi connectivity index (χ0) is 15.0. The van der Waals surface area contributed by atoms with E-state index in [1.807, 2.05) is 6.92 Å². The molecule has 1 aliphatic carbocycles. The van der Waals surface area contributed by atoms with Crippen LogP contribution in [0.1, 0.15) is 32.0 Å². The first-order chi connectivity index (χ1) is 10.1. The van der Waals surface area contributed by atoms with Crippen LogP contribution in [0.2, 0.25) is 0 Å². The molecule has 0 N–H and O–H groups in total. The molecular formula is C14H18F2N4O. The van der Waals surface area contributed by atoms with Crippen LogP contribution in [0.3, 0.4) is 0 Å². The Hall–Kier alpha value is -1.79. The first-order valence-corrected chi connectivity index (χ1v) is 7.33. The van der Waals surface area contributed by atoms with Gasteiger partial charge in [0.25, 0.3) is 12.0 Å². The SMILES string of the molecule is CCCc1nc2c(cnn2CC(F)F)c(=O)n1CC1CC1. The molecule has 0 aromatic carbocycles. The lowest BCUT2D eigenvalue weighted by Gasteiger charge is -2.12. The van der Waals surface area contributed by atoms with Crippen molar-refractivity contribution < 1.29 is 8.78 Å². The van der Waals surface area contributed by atoms with Gasteiger partial charge in [-0.15, -0.1) is 0 Å². The normalized spacial score (nSPS) is 15.2. The van der Waals surface area contributed by atoms with E-state index in [9.17, 15) is 13.6 Å². The highest BCUT2D eigenvalue weighted by molar-refractivity contribution is 5.73. The second-order valence-corrected chi connectivity index (χ2v) is 5.59. The zero-order valence-corrected chi connectivity index (χ0v) is 11.9. The maximum atomic E-state index is 12.6.